The highest BCUT2D eigenvalue weighted by Crippen LogP contribution is 2.44. The molecule has 1 heterocycles. The van der Waals surface area contributed by atoms with Gasteiger partial charge in [0.2, 0.25) is 0 Å². The first-order chi connectivity index (χ1) is 14.7. The van der Waals surface area contributed by atoms with Crippen LogP contribution in [0.4, 0.5) is 18.6 Å². The molecule has 0 saturated carbocycles. The van der Waals surface area contributed by atoms with Crippen molar-refractivity contribution in [3.05, 3.63) is 70.4 Å². The smallest absolute Gasteiger partial charge is 0.412 e. The van der Waals surface area contributed by atoms with E-state index < -0.39 is 30.1 Å². The number of thiazole rings is 1. The molecule has 1 aliphatic carbocycles. The summed E-state index contributed by atoms with van der Waals surface area (Å²) in [5.41, 5.74) is 3.74. The van der Waals surface area contributed by atoms with Gasteiger partial charge in [-0.1, -0.05) is 48.5 Å². The van der Waals surface area contributed by atoms with Crippen LogP contribution >= 0.6 is 11.3 Å². The molecule has 0 saturated heterocycles. The number of halogens is 2. The second-order valence-electron chi connectivity index (χ2n) is 7.29. The highest BCUT2D eigenvalue weighted by molar-refractivity contribution is 7.16. The van der Waals surface area contributed by atoms with Crippen molar-refractivity contribution in [2.24, 2.45) is 0 Å². The zero-order valence-corrected chi connectivity index (χ0v) is 17.2. The molecule has 0 atom stereocenters. The fourth-order valence-corrected chi connectivity index (χ4v) is 4.72. The summed E-state index contributed by atoms with van der Waals surface area (Å²) in [4.78, 5) is 27.5. The van der Waals surface area contributed by atoms with E-state index in [0.29, 0.717) is 18.3 Å². The van der Waals surface area contributed by atoms with Gasteiger partial charge >= 0.3 is 12.1 Å². The van der Waals surface area contributed by atoms with Crippen LogP contribution in [-0.4, -0.2) is 34.7 Å². The molecule has 0 radical (unpaired) electrons. The number of fused-ring (bicyclic) bond motifs is 3. The largest absolute Gasteiger partial charge is 0.476 e. The van der Waals surface area contributed by atoms with Crippen LogP contribution in [0, 0.1) is 0 Å². The molecule has 31 heavy (non-hydrogen) atoms. The zero-order chi connectivity index (χ0) is 22.2. The highest BCUT2D eigenvalue weighted by atomic mass is 32.1. The lowest BCUT2D eigenvalue weighted by atomic mass is 9.98. The van der Waals surface area contributed by atoms with E-state index in [1.807, 2.05) is 48.5 Å². The maximum absolute atomic E-state index is 13.3. The van der Waals surface area contributed by atoms with Gasteiger partial charge in [-0.05, 0) is 29.2 Å². The summed E-state index contributed by atoms with van der Waals surface area (Å²) in [5, 5.41) is 11.4. The predicted molar refractivity (Wildman–Crippen MR) is 112 cm³/mol. The van der Waals surface area contributed by atoms with Crippen molar-refractivity contribution in [1.29, 1.82) is 0 Å². The third kappa shape index (κ3) is 4.41. The number of benzene rings is 2. The minimum atomic E-state index is -3.05. The Morgan fingerprint density at radius 2 is 1.71 bits per heavy atom. The van der Waals surface area contributed by atoms with E-state index in [9.17, 15) is 23.5 Å². The number of carboxylic acid groups (broad SMARTS) is 1. The molecule has 3 aromatic rings. The van der Waals surface area contributed by atoms with Crippen molar-refractivity contribution in [2.75, 3.05) is 11.9 Å². The Labute approximate surface area is 180 Å². The molecule has 0 fully saturated rings. The fourth-order valence-electron chi connectivity index (χ4n) is 3.66. The van der Waals surface area contributed by atoms with Crippen LogP contribution < -0.4 is 5.32 Å². The molecule has 2 aromatic carbocycles. The highest BCUT2D eigenvalue weighted by Gasteiger charge is 2.30. The molecular formula is C22H18F2N2O4S. The Morgan fingerprint density at radius 1 is 1.13 bits per heavy atom. The first-order valence-electron chi connectivity index (χ1n) is 9.46. The van der Waals surface area contributed by atoms with E-state index >= 15 is 0 Å². The maximum atomic E-state index is 13.3. The first kappa shape index (κ1) is 20.9. The Morgan fingerprint density at radius 3 is 2.26 bits per heavy atom. The number of alkyl halides is 2. The average molecular weight is 444 g/mol. The van der Waals surface area contributed by atoms with Gasteiger partial charge in [0.15, 0.2) is 5.69 Å². The summed E-state index contributed by atoms with van der Waals surface area (Å²) >= 11 is 0.694. The number of hydrogen-bond acceptors (Lipinski definition) is 5. The van der Waals surface area contributed by atoms with Crippen LogP contribution in [0.25, 0.3) is 11.1 Å². The lowest BCUT2D eigenvalue weighted by Gasteiger charge is -2.14. The zero-order valence-electron chi connectivity index (χ0n) is 16.4. The number of nitrogens with zero attached hydrogens (tertiary/aromatic N) is 1. The summed E-state index contributed by atoms with van der Waals surface area (Å²) in [6, 6.07) is 15.7. The van der Waals surface area contributed by atoms with Gasteiger partial charge in [0, 0.05) is 5.92 Å². The van der Waals surface area contributed by atoms with E-state index in [1.165, 1.54) is 0 Å². The number of carbonyl (C=O) groups excluding carboxylic acids is 1. The van der Waals surface area contributed by atoms with Crippen molar-refractivity contribution in [3.63, 3.8) is 0 Å². The van der Waals surface area contributed by atoms with Gasteiger partial charge in [-0.25, -0.2) is 23.4 Å². The third-order valence-electron chi connectivity index (χ3n) is 4.89. The van der Waals surface area contributed by atoms with Crippen LogP contribution in [0.15, 0.2) is 48.5 Å². The van der Waals surface area contributed by atoms with Gasteiger partial charge in [0.05, 0.1) is 6.42 Å². The van der Waals surface area contributed by atoms with Gasteiger partial charge in [-0.2, -0.15) is 0 Å². The van der Waals surface area contributed by atoms with E-state index in [2.05, 4.69) is 10.3 Å². The predicted octanol–water partition coefficient (Wildman–Crippen LogP) is 5.40. The first-order valence-corrected chi connectivity index (χ1v) is 10.3. The van der Waals surface area contributed by atoms with E-state index in [1.54, 1.807) is 0 Å². The van der Waals surface area contributed by atoms with Crippen molar-refractivity contribution in [1.82, 2.24) is 4.98 Å². The molecule has 9 heteroatoms. The van der Waals surface area contributed by atoms with Crippen molar-refractivity contribution < 1.29 is 28.2 Å². The number of aromatic carboxylic acids is 1. The molecule has 1 aromatic heterocycles. The van der Waals surface area contributed by atoms with Gasteiger partial charge in [0.25, 0.3) is 5.92 Å². The molecular weight excluding hydrogens is 426 g/mol. The van der Waals surface area contributed by atoms with Crippen LogP contribution in [0.2, 0.25) is 0 Å². The fraction of sp³-hybridized carbons (Fsp3) is 0.227. The second-order valence-corrected chi connectivity index (χ2v) is 8.37. The Bertz CT molecular complexity index is 1110. The molecule has 0 aliphatic heterocycles. The van der Waals surface area contributed by atoms with E-state index in [0.717, 1.165) is 22.3 Å². The van der Waals surface area contributed by atoms with Crippen LogP contribution in [0.3, 0.4) is 0 Å². The summed E-state index contributed by atoms with van der Waals surface area (Å²) in [7, 11) is 0. The number of nitrogens with one attached hydrogen (secondary N) is 1. The molecule has 4 rings (SSSR count). The summed E-state index contributed by atoms with van der Waals surface area (Å²) in [6.45, 7) is 0.758. The Hall–Kier alpha value is -3.33. The van der Waals surface area contributed by atoms with Crippen LogP contribution in [0.5, 0.6) is 0 Å². The van der Waals surface area contributed by atoms with Gasteiger partial charge in [-0.3, -0.25) is 5.32 Å². The van der Waals surface area contributed by atoms with E-state index in [-0.39, 0.29) is 22.5 Å². The third-order valence-corrected chi connectivity index (χ3v) is 5.87. The van der Waals surface area contributed by atoms with Crippen molar-refractivity contribution >= 4 is 28.4 Å². The summed E-state index contributed by atoms with van der Waals surface area (Å²) in [6.07, 6.45) is -1.59. The number of hydrogen-bond donors (Lipinski definition) is 2. The number of rotatable bonds is 6. The number of carbonyl (C=O) groups is 2. The molecule has 1 aliphatic rings. The monoisotopic (exact) mass is 444 g/mol. The van der Waals surface area contributed by atoms with E-state index in [4.69, 9.17) is 4.74 Å². The van der Waals surface area contributed by atoms with Crippen LogP contribution in [-0.2, 0) is 11.2 Å². The molecule has 0 unspecified atom stereocenters. The lowest BCUT2D eigenvalue weighted by molar-refractivity contribution is 0.0224. The normalized spacial score (nSPS) is 12.9. The lowest BCUT2D eigenvalue weighted by Crippen LogP contribution is -2.18. The topological polar surface area (TPSA) is 88.5 Å². The molecule has 160 valence electrons. The van der Waals surface area contributed by atoms with Gasteiger partial charge < -0.3 is 9.84 Å². The SMILES string of the molecule is CC(F)(F)Cc1nc(C(=O)O)c(NC(=O)OCC2c3ccccc3-c3ccccc32)s1. The molecule has 0 spiro atoms. The van der Waals surface area contributed by atoms with Crippen LogP contribution in [0.1, 0.15) is 39.5 Å². The standard InChI is InChI=1S/C22H18F2N2O4S/c1-22(23,24)10-17-25-18(20(27)28)19(31-17)26-21(29)30-11-16-14-8-4-2-6-12(14)13-7-3-5-9-15(13)16/h2-9,16H,10-11H2,1H3,(H,26,29)(H,27,28). The van der Waals surface area contributed by atoms with Crippen molar-refractivity contribution in [2.45, 2.75) is 25.2 Å². The minimum Gasteiger partial charge on any atom is -0.476 e. The number of carboxylic acids is 1. The second kappa shape index (κ2) is 8.07. The average Bonchev–Trinajstić information content (AvgIpc) is 3.24. The van der Waals surface area contributed by atoms with Gasteiger partial charge in [0.1, 0.15) is 16.6 Å². The number of amides is 1. The molecule has 2 N–H and O–H groups in total. The number of anilines is 1. The Kier molecular flexibility index (Phi) is 5.45. The Balaban J connectivity index is 1.49. The minimum absolute atomic E-state index is 0.0426. The molecule has 0 bridgehead atoms. The maximum Gasteiger partial charge on any atom is 0.412 e. The quantitative estimate of drug-likeness (QED) is 0.531. The molecule has 1 amide bonds. The van der Waals surface area contributed by atoms with Gasteiger partial charge in [-0.15, -0.1) is 11.3 Å². The summed E-state index contributed by atoms with van der Waals surface area (Å²) < 4.78 is 31.9. The van der Waals surface area contributed by atoms with Crippen molar-refractivity contribution in [3.8, 4) is 11.1 Å². The molecule has 6 nitrogen and oxygen atoms in total. The summed E-state index contributed by atoms with van der Waals surface area (Å²) in [5.74, 6) is -4.63. The number of aromatic nitrogens is 1. The number of ether oxygens (including phenoxy) is 1.